The summed E-state index contributed by atoms with van der Waals surface area (Å²) in [5, 5.41) is 7.51. The molecule has 2 rings (SSSR count). The van der Waals surface area contributed by atoms with Crippen LogP contribution in [0.1, 0.15) is 24.0 Å². The van der Waals surface area contributed by atoms with Gasteiger partial charge in [-0.15, -0.1) is 0 Å². The molecule has 1 aliphatic rings. The number of hydrogen-bond donors (Lipinski definition) is 2. The maximum atomic E-state index is 13.4. The normalized spacial score (nSPS) is 20.4. The molecule has 0 aliphatic carbocycles. The molecule has 0 spiro atoms. The first-order chi connectivity index (χ1) is 9.73. The monoisotopic (exact) mass is 313 g/mol. The molecule has 1 heterocycles. The minimum Gasteiger partial charge on any atom is -0.387 e. The van der Waals surface area contributed by atoms with Crippen molar-refractivity contribution in [2.24, 2.45) is 11.7 Å². The van der Waals surface area contributed by atoms with Crippen LogP contribution < -0.4 is 5.73 Å². The third kappa shape index (κ3) is 3.08. The third-order valence-corrected chi connectivity index (χ3v) is 6.02. The lowest BCUT2D eigenvalue weighted by molar-refractivity contribution is 0.310. The quantitative estimate of drug-likeness (QED) is 0.658. The van der Waals surface area contributed by atoms with E-state index in [2.05, 4.69) is 0 Å². The zero-order chi connectivity index (χ0) is 15.8. The van der Waals surface area contributed by atoms with Gasteiger partial charge in [0.05, 0.1) is 10.7 Å². The first kappa shape index (κ1) is 15.9. The first-order valence-electron chi connectivity index (χ1n) is 6.84. The number of benzene rings is 1. The van der Waals surface area contributed by atoms with Gasteiger partial charge in [-0.3, -0.25) is 5.41 Å². The molecule has 1 unspecified atom stereocenters. The number of amidine groups is 1. The Hall–Kier alpha value is -1.47. The second-order valence-corrected chi connectivity index (χ2v) is 7.40. The van der Waals surface area contributed by atoms with Gasteiger partial charge in [-0.05, 0) is 49.9 Å². The SMILES string of the molecule is Cc1cc(F)cc(C)c1S(=O)(=O)N1CCCC(C(=N)N)C1. The number of aryl methyl sites for hydroxylation is 2. The van der Waals surface area contributed by atoms with E-state index in [1.165, 1.54) is 16.4 Å². The fraction of sp³-hybridized carbons (Fsp3) is 0.500. The van der Waals surface area contributed by atoms with Crippen molar-refractivity contribution in [2.75, 3.05) is 13.1 Å². The van der Waals surface area contributed by atoms with E-state index in [-0.39, 0.29) is 23.2 Å². The molecule has 0 bridgehead atoms. The minimum atomic E-state index is -3.69. The van der Waals surface area contributed by atoms with Crippen LogP contribution in [-0.2, 0) is 10.0 Å². The van der Waals surface area contributed by atoms with Crippen molar-refractivity contribution in [1.82, 2.24) is 4.31 Å². The zero-order valence-electron chi connectivity index (χ0n) is 12.2. The Bertz CT molecular complexity index is 650. The van der Waals surface area contributed by atoms with Gasteiger partial charge in [0.25, 0.3) is 0 Å². The fourth-order valence-corrected chi connectivity index (χ4v) is 4.78. The number of nitrogens with one attached hydrogen (secondary N) is 1. The Kier molecular flexibility index (Phi) is 4.34. The van der Waals surface area contributed by atoms with E-state index in [4.69, 9.17) is 11.1 Å². The summed E-state index contributed by atoms with van der Waals surface area (Å²) in [6.45, 7) is 3.81. The molecule has 21 heavy (non-hydrogen) atoms. The molecule has 1 aromatic rings. The van der Waals surface area contributed by atoms with Crippen LogP contribution in [0.3, 0.4) is 0 Å². The molecule has 0 saturated carbocycles. The van der Waals surface area contributed by atoms with Crippen molar-refractivity contribution in [3.63, 3.8) is 0 Å². The van der Waals surface area contributed by atoms with Gasteiger partial charge in [0.2, 0.25) is 10.0 Å². The Morgan fingerprint density at radius 2 is 1.95 bits per heavy atom. The Labute approximate surface area is 124 Å². The van der Waals surface area contributed by atoms with Gasteiger partial charge < -0.3 is 5.73 Å². The highest BCUT2D eigenvalue weighted by atomic mass is 32.2. The van der Waals surface area contributed by atoms with Crippen molar-refractivity contribution in [2.45, 2.75) is 31.6 Å². The summed E-state index contributed by atoms with van der Waals surface area (Å²) in [5.74, 6) is -0.666. The van der Waals surface area contributed by atoms with Crippen molar-refractivity contribution in [3.05, 3.63) is 29.1 Å². The van der Waals surface area contributed by atoms with E-state index < -0.39 is 15.8 Å². The molecule has 3 N–H and O–H groups in total. The molecular formula is C14H20FN3O2S. The Balaban J connectivity index is 2.41. The first-order valence-corrected chi connectivity index (χ1v) is 8.28. The predicted octanol–water partition coefficient (Wildman–Crippen LogP) is 1.78. The lowest BCUT2D eigenvalue weighted by Gasteiger charge is -2.32. The second kappa shape index (κ2) is 5.73. The smallest absolute Gasteiger partial charge is 0.243 e. The highest BCUT2D eigenvalue weighted by Gasteiger charge is 2.33. The second-order valence-electron chi connectivity index (χ2n) is 5.53. The van der Waals surface area contributed by atoms with Crippen LogP contribution in [0.25, 0.3) is 0 Å². The maximum absolute atomic E-state index is 13.4. The average molecular weight is 313 g/mol. The van der Waals surface area contributed by atoms with E-state index in [0.717, 1.165) is 6.42 Å². The van der Waals surface area contributed by atoms with E-state index in [1.54, 1.807) is 13.8 Å². The number of rotatable bonds is 3. The molecule has 1 aromatic carbocycles. The maximum Gasteiger partial charge on any atom is 0.243 e. The molecule has 1 saturated heterocycles. The molecule has 0 radical (unpaired) electrons. The summed E-state index contributed by atoms with van der Waals surface area (Å²) in [4.78, 5) is 0.160. The number of piperidine rings is 1. The molecule has 0 aromatic heterocycles. The fourth-order valence-electron chi connectivity index (χ4n) is 2.85. The van der Waals surface area contributed by atoms with Gasteiger partial charge in [0.1, 0.15) is 5.82 Å². The van der Waals surface area contributed by atoms with Gasteiger partial charge in [-0.1, -0.05) is 0 Å². The third-order valence-electron chi connectivity index (χ3n) is 3.85. The summed E-state index contributed by atoms with van der Waals surface area (Å²) < 4.78 is 40.3. The van der Waals surface area contributed by atoms with Gasteiger partial charge in [0, 0.05) is 19.0 Å². The molecule has 116 valence electrons. The highest BCUT2D eigenvalue weighted by molar-refractivity contribution is 7.89. The van der Waals surface area contributed by atoms with E-state index in [0.29, 0.717) is 24.1 Å². The van der Waals surface area contributed by atoms with Crippen LogP contribution in [-0.4, -0.2) is 31.6 Å². The van der Waals surface area contributed by atoms with Crippen LogP contribution in [0.5, 0.6) is 0 Å². The van der Waals surface area contributed by atoms with Crippen LogP contribution in [0.15, 0.2) is 17.0 Å². The summed E-state index contributed by atoms with van der Waals surface area (Å²) in [6, 6.07) is 2.46. The number of halogens is 1. The van der Waals surface area contributed by atoms with Crippen LogP contribution >= 0.6 is 0 Å². The number of sulfonamides is 1. The molecule has 7 heteroatoms. The number of nitrogens with zero attached hydrogens (tertiary/aromatic N) is 1. The van der Waals surface area contributed by atoms with Crippen LogP contribution in [0.2, 0.25) is 0 Å². The molecule has 5 nitrogen and oxygen atoms in total. The minimum absolute atomic E-state index is 0.0162. The van der Waals surface area contributed by atoms with Gasteiger partial charge in [0.15, 0.2) is 0 Å². The predicted molar refractivity (Wildman–Crippen MR) is 79.3 cm³/mol. The summed E-state index contributed by atoms with van der Waals surface area (Å²) in [5.41, 5.74) is 6.30. The molecular weight excluding hydrogens is 293 g/mol. The average Bonchev–Trinajstić information content (AvgIpc) is 2.37. The highest BCUT2D eigenvalue weighted by Crippen LogP contribution is 2.28. The molecule has 0 amide bonds. The van der Waals surface area contributed by atoms with Gasteiger partial charge in [-0.25, -0.2) is 12.8 Å². The summed E-state index contributed by atoms with van der Waals surface area (Å²) >= 11 is 0. The summed E-state index contributed by atoms with van der Waals surface area (Å²) in [6.07, 6.45) is 1.39. The lowest BCUT2D eigenvalue weighted by atomic mass is 9.99. The Morgan fingerprint density at radius 3 is 2.48 bits per heavy atom. The van der Waals surface area contributed by atoms with E-state index in [1.807, 2.05) is 0 Å². The van der Waals surface area contributed by atoms with Crippen LogP contribution in [0.4, 0.5) is 4.39 Å². The number of nitrogens with two attached hydrogens (primary N) is 1. The number of hydrogen-bond acceptors (Lipinski definition) is 3. The van der Waals surface area contributed by atoms with Crippen molar-refractivity contribution >= 4 is 15.9 Å². The Morgan fingerprint density at radius 1 is 1.38 bits per heavy atom. The van der Waals surface area contributed by atoms with Crippen LogP contribution in [0, 0.1) is 31.0 Å². The van der Waals surface area contributed by atoms with E-state index >= 15 is 0 Å². The lowest BCUT2D eigenvalue weighted by Crippen LogP contribution is -2.44. The van der Waals surface area contributed by atoms with E-state index in [9.17, 15) is 12.8 Å². The van der Waals surface area contributed by atoms with Crippen molar-refractivity contribution < 1.29 is 12.8 Å². The summed E-state index contributed by atoms with van der Waals surface area (Å²) in [7, 11) is -3.69. The standard InChI is InChI=1S/C14H20FN3O2S/c1-9-6-12(15)7-10(2)13(9)21(19,20)18-5-3-4-11(8-18)14(16)17/h6-7,11H,3-5,8H2,1-2H3,(H3,16,17). The largest absolute Gasteiger partial charge is 0.387 e. The molecule has 1 aliphatic heterocycles. The van der Waals surface area contributed by atoms with Gasteiger partial charge in [-0.2, -0.15) is 4.31 Å². The molecule has 1 fully saturated rings. The van der Waals surface area contributed by atoms with Gasteiger partial charge >= 0.3 is 0 Å². The molecule has 1 atom stereocenters. The van der Waals surface area contributed by atoms with Crippen molar-refractivity contribution in [3.8, 4) is 0 Å². The topological polar surface area (TPSA) is 87.2 Å². The zero-order valence-corrected chi connectivity index (χ0v) is 13.0. The van der Waals surface area contributed by atoms with Crippen molar-refractivity contribution in [1.29, 1.82) is 5.41 Å².